The predicted molar refractivity (Wildman–Crippen MR) is 63.1 cm³/mol. The quantitative estimate of drug-likeness (QED) is 0.876. The molecule has 0 aliphatic heterocycles. The second-order valence-electron chi connectivity index (χ2n) is 2.66. The Balaban J connectivity index is 0. The van der Waals surface area contributed by atoms with E-state index in [4.69, 9.17) is 22.4 Å². The maximum atomic E-state index is 10.4. The second-order valence-corrected chi connectivity index (χ2v) is 3.10. The van der Waals surface area contributed by atoms with E-state index in [1.807, 2.05) is 0 Å². The lowest BCUT2D eigenvalue weighted by molar-refractivity contribution is -0.138. The van der Waals surface area contributed by atoms with Gasteiger partial charge in [0.15, 0.2) is 0 Å². The molecule has 0 saturated heterocycles. The summed E-state index contributed by atoms with van der Waals surface area (Å²) in [4.78, 5) is 14.2. The van der Waals surface area contributed by atoms with E-state index < -0.39 is 12.0 Å². The molecule has 0 aliphatic carbocycles. The number of aromatic nitrogens is 1. The van der Waals surface area contributed by atoms with E-state index in [0.29, 0.717) is 5.02 Å². The Labute approximate surface area is 105 Å². The highest BCUT2D eigenvalue weighted by molar-refractivity contribution is 6.30. The Morgan fingerprint density at radius 2 is 2.13 bits per heavy atom. The highest BCUT2D eigenvalue weighted by atomic mass is 35.5. The van der Waals surface area contributed by atoms with Gasteiger partial charge in [-0.25, -0.2) is 0 Å². The van der Waals surface area contributed by atoms with Crippen molar-refractivity contribution in [3.8, 4) is 0 Å². The van der Waals surface area contributed by atoms with E-state index >= 15 is 0 Å². The van der Waals surface area contributed by atoms with Crippen molar-refractivity contribution < 1.29 is 9.90 Å². The van der Waals surface area contributed by atoms with Crippen LogP contribution in [0.2, 0.25) is 5.02 Å². The molecule has 1 aromatic rings. The summed E-state index contributed by atoms with van der Waals surface area (Å²) in [7, 11) is 0. The van der Waals surface area contributed by atoms with E-state index in [-0.39, 0.29) is 31.2 Å². The third kappa shape index (κ3) is 5.79. The van der Waals surface area contributed by atoms with Crippen molar-refractivity contribution in [3.63, 3.8) is 0 Å². The second kappa shape index (κ2) is 7.70. The van der Waals surface area contributed by atoms with Gasteiger partial charge in [0.1, 0.15) is 6.04 Å². The summed E-state index contributed by atoms with van der Waals surface area (Å²) < 4.78 is 0. The van der Waals surface area contributed by atoms with Crippen LogP contribution in [0.25, 0.3) is 0 Å². The number of aliphatic carboxylic acids is 1. The summed E-state index contributed by atoms with van der Waals surface area (Å²) in [5.74, 6) is -1.03. The SMILES string of the molecule is Cl.Cl.NC(Cc1cncc(Cl)c1)C(=O)O. The van der Waals surface area contributed by atoms with Crippen LogP contribution in [0, 0.1) is 0 Å². The Hall–Kier alpha value is -0.550. The summed E-state index contributed by atoms with van der Waals surface area (Å²) in [6, 6.07) is 0.748. The van der Waals surface area contributed by atoms with Crippen LogP contribution >= 0.6 is 36.4 Å². The number of nitrogens with two attached hydrogens (primary N) is 1. The van der Waals surface area contributed by atoms with Gasteiger partial charge in [0.25, 0.3) is 0 Å². The van der Waals surface area contributed by atoms with Gasteiger partial charge in [-0.3, -0.25) is 9.78 Å². The zero-order valence-electron chi connectivity index (χ0n) is 7.59. The molecule has 15 heavy (non-hydrogen) atoms. The number of carbonyl (C=O) groups is 1. The van der Waals surface area contributed by atoms with Crippen LogP contribution < -0.4 is 5.73 Å². The molecule has 0 fully saturated rings. The molecule has 0 bridgehead atoms. The van der Waals surface area contributed by atoms with E-state index in [1.54, 1.807) is 12.3 Å². The van der Waals surface area contributed by atoms with Gasteiger partial charge < -0.3 is 10.8 Å². The number of nitrogens with zero attached hydrogens (tertiary/aromatic N) is 1. The lowest BCUT2D eigenvalue weighted by atomic mass is 10.1. The number of hydrogen-bond acceptors (Lipinski definition) is 3. The average Bonchev–Trinajstić information content (AvgIpc) is 2.04. The summed E-state index contributed by atoms with van der Waals surface area (Å²) in [5, 5.41) is 9.02. The smallest absolute Gasteiger partial charge is 0.320 e. The summed E-state index contributed by atoms with van der Waals surface area (Å²) >= 11 is 5.66. The van der Waals surface area contributed by atoms with Gasteiger partial charge in [-0.15, -0.1) is 24.8 Å². The van der Waals surface area contributed by atoms with Crippen LogP contribution in [0.1, 0.15) is 5.56 Å². The molecule has 4 nitrogen and oxygen atoms in total. The molecular weight excluding hydrogens is 262 g/mol. The minimum atomic E-state index is -1.03. The molecule has 86 valence electrons. The monoisotopic (exact) mass is 272 g/mol. The lowest BCUT2D eigenvalue weighted by Gasteiger charge is -2.05. The number of pyridine rings is 1. The summed E-state index contributed by atoms with van der Waals surface area (Å²) in [6.07, 6.45) is 3.27. The molecule has 0 radical (unpaired) electrons. The van der Waals surface area contributed by atoms with Crippen LogP contribution in [0.3, 0.4) is 0 Å². The molecule has 0 saturated carbocycles. The van der Waals surface area contributed by atoms with Gasteiger partial charge in [-0.1, -0.05) is 11.6 Å². The minimum Gasteiger partial charge on any atom is -0.480 e. The molecule has 0 amide bonds. The number of halogens is 3. The molecule has 1 rings (SSSR count). The third-order valence-electron chi connectivity index (χ3n) is 1.53. The van der Waals surface area contributed by atoms with Crippen molar-refractivity contribution in [2.45, 2.75) is 12.5 Å². The van der Waals surface area contributed by atoms with Gasteiger partial charge in [0.05, 0.1) is 5.02 Å². The van der Waals surface area contributed by atoms with Crippen LogP contribution in [0.5, 0.6) is 0 Å². The van der Waals surface area contributed by atoms with Crippen molar-refractivity contribution >= 4 is 42.4 Å². The first-order chi connectivity index (χ1) is 6.09. The molecule has 1 unspecified atom stereocenters. The van der Waals surface area contributed by atoms with Gasteiger partial charge in [-0.05, 0) is 18.1 Å². The molecule has 0 spiro atoms. The fourth-order valence-electron chi connectivity index (χ4n) is 0.909. The molecule has 7 heteroatoms. The number of rotatable bonds is 3. The van der Waals surface area contributed by atoms with E-state index in [0.717, 1.165) is 5.56 Å². The van der Waals surface area contributed by atoms with Crippen LogP contribution in [0.4, 0.5) is 0 Å². The predicted octanol–water partition coefficient (Wildman–Crippen LogP) is 1.53. The van der Waals surface area contributed by atoms with Gasteiger partial charge in [0, 0.05) is 12.4 Å². The first-order valence-corrected chi connectivity index (χ1v) is 4.05. The average molecular weight is 274 g/mol. The Bertz CT molecular complexity index is 323. The van der Waals surface area contributed by atoms with Crippen molar-refractivity contribution in [2.75, 3.05) is 0 Å². The van der Waals surface area contributed by atoms with E-state index in [1.165, 1.54) is 6.20 Å². The standard InChI is InChI=1S/C8H9ClN2O2.2ClH/c9-6-1-5(3-11-4-6)2-7(10)8(12)13;;/h1,3-4,7H,2,10H2,(H,12,13);2*1H. The van der Waals surface area contributed by atoms with Crippen molar-refractivity contribution in [2.24, 2.45) is 5.73 Å². The molecule has 3 N–H and O–H groups in total. The zero-order chi connectivity index (χ0) is 9.84. The molecule has 1 aromatic heterocycles. The number of hydrogen-bond donors (Lipinski definition) is 2. The molecule has 1 atom stereocenters. The number of carboxylic acids is 1. The first-order valence-electron chi connectivity index (χ1n) is 3.67. The fourth-order valence-corrected chi connectivity index (χ4v) is 1.11. The van der Waals surface area contributed by atoms with Crippen LogP contribution in [-0.2, 0) is 11.2 Å². The van der Waals surface area contributed by atoms with E-state index in [9.17, 15) is 4.79 Å². The van der Waals surface area contributed by atoms with Gasteiger partial charge in [-0.2, -0.15) is 0 Å². The molecule has 1 heterocycles. The van der Waals surface area contributed by atoms with Gasteiger partial charge in [0.2, 0.25) is 0 Å². The Kier molecular flexibility index (Phi) is 8.66. The summed E-state index contributed by atoms with van der Waals surface area (Å²) in [5.41, 5.74) is 6.05. The van der Waals surface area contributed by atoms with Gasteiger partial charge >= 0.3 is 5.97 Å². The first kappa shape index (κ1) is 16.9. The van der Waals surface area contributed by atoms with Crippen molar-refractivity contribution in [3.05, 3.63) is 29.0 Å². The maximum absolute atomic E-state index is 10.4. The lowest BCUT2D eigenvalue weighted by Crippen LogP contribution is -2.32. The minimum absolute atomic E-state index is 0. The molecule has 0 aliphatic rings. The topological polar surface area (TPSA) is 76.2 Å². The van der Waals surface area contributed by atoms with Crippen molar-refractivity contribution in [1.82, 2.24) is 4.98 Å². The number of carboxylic acid groups (broad SMARTS) is 1. The van der Waals surface area contributed by atoms with E-state index in [2.05, 4.69) is 4.98 Å². The van der Waals surface area contributed by atoms with Crippen LogP contribution in [0.15, 0.2) is 18.5 Å². The Morgan fingerprint density at radius 3 is 2.60 bits per heavy atom. The normalized spacial score (nSPS) is 10.8. The van der Waals surface area contributed by atoms with Crippen LogP contribution in [-0.4, -0.2) is 22.1 Å². The highest BCUT2D eigenvalue weighted by Gasteiger charge is 2.11. The summed E-state index contributed by atoms with van der Waals surface area (Å²) in [6.45, 7) is 0. The molecular formula is C8H11Cl3N2O2. The Morgan fingerprint density at radius 1 is 1.53 bits per heavy atom. The fraction of sp³-hybridized carbons (Fsp3) is 0.250. The zero-order valence-corrected chi connectivity index (χ0v) is 9.98. The third-order valence-corrected chi connectivity index (χ3v) is 1.74. The highest BCUT2D eigenvalue weighted by Crippen LogP contribution is 2.09. The van der Waals surface area contributed by atoms with Crippen molar-refractivity contribution in [1.29, 1.82) is 0 Å². The largest absolute Gasteiger partial charge is 0.480 e. The maximum Gasteiger partial charge on any atom is 0.320 e. The molecule has 0 aromatic carbocycles.